The molecule has 1 saturated carbocycles. The van der Waals surface area contributed by atoms with Crippen LogP contribution in [0.5, 0.6) is 0 Å². The summed E-state index contributed by atoms with van der Waals surface area (Å²) in [6.07, 6.45) is 4.35. The quantitative estimate of drug-likeness (QED) is 0.900. The van der Waals surface area contributed by atoms with Crippen molar-refractivity contribution in [1.82, 2.24) is 4.90 Å². The van der Waals surface area contributed by atoms with Gasteiger partial charge in [0.2, 0.25) is 5.91 Å². The van der Waals surface area contributed by atoms with E-state index in [2.05, 4.69) is 0 Å². The molecule has 1 amide bonds. The lowest BCUT2D eigenvalue weighted by Crippen LogP contribution is -2.58. The highest BCUT2D eigenvalue weighted by Crippen LogP contribution is 2.31. The first-order valence-electron chi connectivity index (χ1n) is 8.14. The number of carbonyl (C=O) groups is 1. The van der Waals surface area contributed by atoms with Crippen molar-refractivity contribution in [2.75, 3.05) is 19.7 Å². The molecule has 1 saturated heterocycles. The van der Waals surface area contributed by atoms with Gasteiger partial charge < -0.3 is 15.4 Å². The Bertz CT molecular complexity index is 590. The van der Waals surface area contributed by atoms with Gasteiger partial charge in [0, 0.05) is 6.54 Å². The lowest BCUT2D eigenvalue weighted by atomic mass is 9.81. The molecule has 0 aromatic heterocycles. The molecule has 0 spiro atoms. The molecule has 2 N–H and O–H groups in total. The highest BCUT2D eigenvalue weighted by atomic mass is 35.5. The van der Waals surface area contributed by atoms with Crippen LogP contribution in [0.1, 0.15) is 43.8 Å². The number of carbonyl (C=O) groups excluding carboxylic acids is 1. The molecule has 0 radical (unpaired) electrons. The van der Waals surface area contributed by atoms with E-state index in [1.807, 2.05) is 0 Å². The van der Waals surface area contributed by atoms with Crippen LogP contribution in [-0.4, -0.2) is 36.0 Å². The van der Waals surface area contributed by atoms with E-state index in [0.29, 0.717) is 19.7 Å². The van der Waals surface area contributed by atoms with E-state index >= 15 is 0 Å². The molecular weight excluding hydrogens is 319 g/mol. The summed E-state index contributed by atoms with van der Waals surface area (Å²) in [6, 6.07) is 4.54. The van der Waals surface area contributed by atoms with Gasteiger partial charge in [-0.3, -0.25) is 4.79 Å². The Balaban J connectivity index is 1.72. The number of nitrogens with two attached hydrogens (primary N) is 1. The van der Waals surface area contributed by atoms with Crippen molar-refractivity contribution in [2.45, 2.75) is 43.7 Å². The van der Waals surface area contributed by atoms with Crippen LogP contribution in [-0.2, 0) is 9.53 Å². The molecule has 126 valence electrons. The Labute approximate surface area is 140 Å². The molecule has 3 rings (SSSR count). The number of hydrogen-bond donors (Lipinski definition) is 1. The predicted molar refractivity (Wildman–Crippen MR) is 86.7 cm³/mol. The van der Waals surface area contributed by atoms with Crippen molar-refractivity contribution < 1.29 is 13.9 Å². The summed E-state index contributed by atoms with van der Waals surface area (Å²) < 4.78 is 19.1. The second-order valence-corrected chi connectivity index (χ2v) is 6.91. The molecule has 23 heavy (non-hydrogen) atoms. The lowest BCUT2D eigenvalue weighted by Gasteiger charge is -2.40. The number of benzene rings is 1. The molecule has 1 aliphatic carbocycles. The number of morpholine rings is 1. The SMILES string of the molecule is NC1(C(=O)N2CCOC(c3ccc(F)c(Cl)c3)C2)CCCCC1. The third kappa shape index (κ3) is 3.52. The van der Waals surface area contributed by atoms with Gasteiger partial charge in [-0.25, -0.2) is 4.39 Å². The van der Waals surface area contributed by atoms with Gasteiger partial charge >= 0.3 is 0 Å². The molecule has 1 aliphatic heterocycles. The van der Waals surface area contributed by atoms with Crippen molar-refractivity contribution in [3.63, 3.8) is 0 Å². The van der Waals surface area contributed by atoms with Crippen LogP contribution in [0.25, 0.3) is 0 Å². The van der Waals surface area contributed by atoms with Gasteiger partial charge in [0.25, 0.3) is 0 Å². The number of amides is 1. The standard InChI is InChI=1S/C17H22ClFN2O2/c18-13-10-12(4-5-14(13)19)15-11-21(8-9-23-15)16(22)17(20)6-2-1-3-7-17/h4-5,10,15H,1-3,6-9,11,20H2. The monoisotopic (exact) mass is 340 g/mol. The molecule has 1 aromatic rings. The van der Waals surface area contributed by atoms with Crippen LogP contribution in [0.15, 0.2) is 18.2 Å². The highest BCUT2D eigenvalue weighted by molar-refractivity contribution is 6.30. The van der Waals surface area contributed by atoms with Crippen LogP contribution in [0.4, 0.5) is 4.39 Å². The van der Waals surface area contributed by atoms with Crippen molar-refractivity contribution in [3.05, 3.63) is 34.6 Å². The normalized spacial score (nSPS) is 24.5. The van der Waals surface area contributed by atoms with E-state index < -0.39 is 11.4 Å². The fraction of sp³-hybridized carbons (Fsp3) is 0.588. The van der Waals surface area contributed by atoms with Gasteiger partial charge in [-0.05, 0) is 30.5 Å². The fourth-order valence-electron chi connectivity index (χ4n) is 3.46. The molecule has 1 aromatic carbocycles. The number of rotatable bonds is 2. The summed E-state index contributed by atoms with van der Waals surface area (Å²) in [5.41, 5.74) is 6.40. The van der Waals surface area contributed by atoms with E-state index in [0.717, 1.165) is 37.7 Å². The summed E-state index contributed by atoms with van der Waals surface area (Å²) in [5.74, 6) is -0.444. The largest absolute Gasteiger partial charge is 0.370 e. The van der Waals surface area contributed by atoms with Crippen LogP contribution >= 0.6 is 11.6 Å². The van der Waals surface area contributed by atoms with E-state index in [-0.39, 0.29) is 17.0 Å². The van der Waals surface area contributed by atoms with E-state index in [1.54, 1.807) is 17.0 Å². The van der Waals surface area contributed by atoms with Crippen LogP contribution in [0.3, 0.4) is 0 Å². The Morgan fingerprint density at radius 1 is 1.35 bits per heavy atom. The van der Waals surface area contributed by atoms with Gasteiger partial charge in [-0.1, -0.05) is 36.9 Å². The Hall–Kier alpha value is -1.17. The average molecular weight is 341 g/mol. The van der Waals surface area contributed by atoms with E-state index in [1.165, 1.54) is 6.07 Å². The first-order valence-corrected chi connectivity index (χ1v) is 8.52. The summed E-state index contributed by atoms with van der Waals surface area (Å²) in [6.45, 7) is 1.42. The van der Waals surface area contributed by atoms with Gasteiger partial charge in [0.1, 0.15) is 11.9 Å². The summed E-state index contributed by atoms with van der Waals surface area (Å²) in [5, 5.41) is 0.0668. The molecule has 1 heterocycles. The molecule has 1 atom stereocenters. The number of ether oxygens (including phenoxy) is 1. The minimum absolute atomic E-state index is 0.0127. The molecule has 2 fully saturated rings. The second kappa shape index (κ2) is 6.75. The first-order chi connectivity index (χ1) is 11.0. The highest BCUT2D eigenvalue weighted by Gasteiger charge is 2.40. The zero-order valence-corrected chi connectivity index (χ0v) is 13.8. The number of nitrogens with zero attached hydrogens (tertiary/aromatic N) is 1. The predicted octanol–water partition coefficient (Wildman–Crippen LogP) is 3.04. The maximum absolute atomic E-state index is 13.3. The molecule has 4 nitrogen and oxygen atoms in total. The summed E-state index contributed by atoms with van der Waals surface area (Å²) in [7, 11) is 0. The summed E-state index contributed by atoms with van der Waals surface area (Å²) >= 11 is 5.84. The van der Waals surface area contributed by atoms with Gasteiger partial charge in [0.15, 0.2) is 0 Å². The molecule has 1 unspecified atom stereocenters. The Morgan fingerprint density at radius 3 is 2.78 bits per heavy atom. The Morgan fingerprint density at radius 2 is 2.09 bits per heavy atom. The average Bonchev–Trinajstić information content (AvgIpc) is 2.57. The molecular formula is C17H22ClFN2O2. The number of halogens is 2. The van der Waals surface area contributed by atoms with Crippen molar-refractivity contribution in [1.29, 1.82) is 0 Å². The maximum atomic E-state index is 13.3. The van der Waals surface area contributed by atoms with Crippen molar-refractivity contribution in [2.24, 2.45) is 5.73 Å². The third-order valence-corrected chi connectivity index (χ3v) is 5.13. The van der Waals surface area contributed by atoms with Crippen LogP contribution < -0.4 is 5.73 Å². The minimum atomic E-state index is -0.736. The first kappa shape index (κ1) is 16.7. The topological polar surface area (TPSA) is 55.6 Å². The van der Waals surface area contributed by atoms with Crippen molar-refractivity contribution in [3.8, 4) is 0 Å². The lowest BCUT2D eigenvalue weighted by molar-refractivity contribution is -0.146. The summed E-state index contributed by atoms with van der Waals surface area (Å²) in [4.78, 5) is 14.6. The van der Waals surface area contributed by atoms with E-state index in [4.69, 9.17) is 22.1 Å². The number of hydrogen-bond acceptors (Lipinski definition) is 3. The molecule has 6 heteroatoms. The smallest absolute Gasteiger partial charge is 0.242 e. The maximum Gasteiger partial charge on any atom is 0.242 e. The molecule has 2 aliphatic rings. The zero-order valence-electron chi connectivity index (χ0n) is 13.1. The van der Waals surface area contributed by atoms with Gasteiger partial charge in [0.05, 0.1) is 23.7 Å². The van der Waals surface area contributed by atoms with Crippen LogP contribution in [0, 0.1) is 5.82 Å². The second-order valence-electron chi connectivity index (χ2n) is 6.50. The van der Waals surface area contributed by atoms with Crippen LogP contribution in [0.2, 0.25) is 5.02 Å². The van der Waals surface area contributed by atoms with Gasteiger partial charge in [-0.2, -0.15) is 0 Å². The minimum Gasteiger partial charge on any atom is -0.370 e. The Kier molecular flexibility index (Phi) is 4.90. The third-order valence-electron chi connectivity index (χ3n) is 4.84. The van der Waals surface area contributed by atoms with Gasteiger partial charge in [-0.15, -0.1) is 0 Å². The molecule has 0 bridgehead atoms. The zero-order chi connectivity index (χ0) is 16.4. The fourth-order valence-corrected chi connectivity index (χ4v) is 3.65. The van der Waals surface area contributed by atoms with E-state index in [9.17, 15) is 9.18 Å². The van der Waals surface area contributed by atoms with Crippen molar-refractivity contribution >= 4 is 17.5 Å².